The Kier molecular flexibility index (Phi) is 5.96. The van der Waals surface area contributed by atoms with Crippen molar-refractivity contribution in [3.8, 4) is 11.1 Å². The SMILES string of the molecule is CSc1ccccc1NC(=O)CCn1cnc2scc(-c3ccc(F)cc3)c2c1=O. The van der Waals surface area contributed by atoms with Crippen LogP contribution in [-0.4, -0.2) is 21.7 Å². The van der Waals surface area contributed by atoms with E-state index in [9.17, 15) is 14.0 Å². The van der Waals surface area contributed by atoms with Crippen LogP contribution in [0.5, 0.6) is 0 Å². The fraction of sp³-hybridized carbons (Fsp3) is 0.136. The highest BCUT2D eigenvalue weighted by molar-refractivity contribution is 7.98. The lowest BCUT2D eigenvalue weighted by molar-refractivity contribution is -0.116. The van der Waals surface area contributed by atoms with Crippen LogP contribution in [0.15, 0.2) is 69.9 Å². The van der Waals surface area contributed by atoms with Crippen LogP contribution in [0.1, 0.15) is 6.42 Å². The first kappa shape index (κ1) is 20.3. The van der Waals surface area contributed by atoms with E-state index in [2.05, 4.69) is 10.3 Å². The number of nitrogens with zero attached hydrogens (tertiary/aromatic N) is 2. The molecule has 2 heterocycles. The number of hydrogen-bond acceptors (Lipinski definition) is 5. The van der Waals surface area contributed by atoms with Gasteiger partial charge in [-0.1, -0.05) is 24.3 Å². The van der Waals surface area contributed by atoms with Gasteiger partial charge < -0.3 is 5.32 Å². The molecule has 0 unspecified atom stereocenters. The van der Waals surface area contributed by atoms with E-state index in [0.29, 0.717) is 10.2 Å². The largest absolute Gasteiger partial charge is 0.325 e. The van der Waals surface area contributed by atoms with E-state index in [0.717, 1.165) is 21.7 Å². The number of amides is 1. The molecule has 0 fully saturated rings. The van der Waals surface area contributed by atoms with E-state index in [1.807, 2.05) is 35.9 Å². The molecule has 0 radical (unpaired) electrons. The predicted octanol–water partition coefficient (Wildman–Crippen LogP) is 5.01. The van der Waals surface area contributed by atoms with Crippen molar-refractivity contribution < 1.29 is 9.18 Å². The van der Waals surface area contributed by atoms with Crippen molar-refractivity contribution in [2.75, 3.05) is 11.6 Å². The molecule has 5 nitrogen and oxygen atoms in total. The Morgan fingerprint density at radius 1 is 1.20 bits per heavy atom. The summed E-state index contributed by atoms with van der Waals surface area (Å²) in [6, 6.07) is 13.6. The lowest BCUT2D eigenvalue weighted by atomic mass is 10.1. The quantitative estimate of drug-likeness (QED) is 0.429. The minimum atomic E-state index is -0.331. The Hall–Kier alpha value is -2.97. The lowest BCUT2D eigenvalue weighted by Crippen LogP contribution is -2.23. The third-order valence-electron chi connectivity index (χ3n) is 4.68. The molecule has 4 rings (SSSR count). The second-order valence-corrected chi connectivity index (χ2v) is 8.28. The molecule has 1 amide bonds. The number of aromatic nitrogens is 2. The molecule has 0 spiro atoms. The molecule has 0 aliphatic rings. The van der Waals surface area contributed by atoms with Crippen LogP contribution in [0.4, 0.5) is 10.1 Å². The summed E-state index contributed by atoms with van der Waals surface area (Å²) >= 11 is 2.92. The van der Waals surface area contributed by atoms with Crippen molar-refractivity contribution in [2.24, 2.45) is 0 Å². The van der Waals surface area contributed by atoms with E-state index in [4.69, 9.17) is 0 Å². The predicted molar refractivity (Wildman–Crippen MR) is 121 cm³/mol. The zero-order chi connectivity index (χ0) is 21.1. The molecule has 30 heavy (non-hydrogen) atoms. The minimum Gasteiger partial charge on any atom is -0.325 e. The fourth-order valence-electron chi connectivity index (χ4n) is 3.15. The summed E-state index contributed by atoms with van der Waals surface area (Å²) in [5, 5.41) is 5.23. The van der Waals surface area contributed by atoms with Crippen LogP contribution in [0.3, 0.4) is 0 Å². The first-order chi connectivity index (χ1) is 14.6. The topological polar surface area (TPSA) is 64.0 Å². The number of hydrogen-bond donors (Lipinski definition) is 1. The average molecular weight is 440 g/mol. The highest BCUT2D eigenvalue weighted by atomic mass is 32.2. The number of thiophene rings is 1. The van der Waals surface area contributed by atoms with E-state index in [1.54, 1.807) is 23.9 Å². The van der Waals surface area contributed by atoms with E-state index in [1.165, 1.54) is 34.4 Å². The second-order valence-electron chi connectivity index (χ2n) is 6.58. The van der Waals surface area contributed by atoms with E-state index in [-0.39, 0.29) is 30.2 Å². The number of nitrogens with one attached hydrogen (secondary N) is 1. The van der Waals surface area contributed by atoms with E-state index >= 15 is 0 Å². The highest BCUT2D eigenvalue weighted by Crippen LogP contribution is 2.30. The normalized spacial score (nSPS) is 11.0. The first-order valence-corrected chi connectivity index (χ1v) is 11.3. The van der Waals surface area contributed by atoms with Crippen LogP contribution < -0.4 is 10.9 Å². The summed E-state index contributed by atoms with van der Waals surface area (Å²) in [7, 11) is 0. The van der Waals surface area contributed by atoms with Gasteiger partial charge in [0.15, 0.2) is 0 Å². The van der Waals surface area contributed by atoms with Crippen LogP contribution in [-0.2, 0) is 11.3 Å². The Balaban J connectivity index is 1.55. The summed E-state index contributed by atoms with van der Waals surface area (Å²) in [5.41, 5.74) is 2.02. The van der Waals surface area contributed by atoms with Crippen LogP contribution in [0.2, 0.25) is 0 Å². The van der Waals surface area contributed by atoms with Gasteiger partial charge in [0.05, 0.1) is 17.4 Å². The van der Waals surface area contributed by atoms with Gasteiger partial charge in [-0.25, -0.2) is 9.37 Å². The molecular weight excluding hydrogens is 421 g/mol. The molecule has 2 aromatic carbocycles. The Morgan fingerprint density at radius 3 is 2.73 bits per heavy atom. The number of carbonyl (C=O) groups is 1. The summed E-state index contributed by atoms with van der Waals surface area (Å²) in [6.07, 6.45) is 3.57. The number of carbonyl (C=O) groups excluding carboxylic acids is 1. The molecule has 1 N–H and O–H groups in total. The highest BCUT2D eigenvalue weighted by Gasteiger charge is 2.14. The van der Waals surface area contributed by atoms with Crippen LogP contribution in [0.25, 0.3) is 21.3 Å². The first-order valence-electron chi connectivity index (χ1n) is 9.22. The van der Waals surface area contributed by atoms with Crippen molar-refractivity contribution in [2.45, 2.75) is 17.9 Å². The minimum absolute atomic E-state index is 0.145. The second kappa shape index (κ2) is 8.81. The van der Waals surface area contributed by atoms with Gasteiger partial charge in [-0.2, -0.15) is 0 Å². The van der Waals surface area contributed by atoms with Crippen molar-refractivity contribution in [1.82, 2.24) is 9.55 Å². The van der Waals surface area contributed by atoms with Gasteiger partial charge in [-0.05, 0) is 36.1 Å². The van der Waals surface area contributed by atoms with Crippen LogP contribution >= 0.6 is 23.1 Å². The lowest BCUT2D eigenvalue weighted by Gasteiger charge is -2.10. The van der Waals surface area contributed by atoms with Gasteiger partial charge in [-0.3, -0.25) is 14.2 Å². The molecular formula is C22H18FN3O2S2. The monoisotopic (exact) mass is 439 g/mol. The van der Waals surface area contributed by atoms with Crippen molar-refractivity contribution >= 4 is 44.9 Å². The Bertz CT molecular complexity index is 1270. The third kappa shape index (κ3) is 4.15. The maximum absolute atomic E-state index is 13.3. The molecule has 0 bridgehead atoms. The molecule has 2 aromatic heterocycles. The standard InChI is InChI=1S/C22H18FN3O2S2/c1-29-18-5-3-2-4-17(18)25-19(27)10-11-26-13-24-21-20(22(26)28)16(12-30-21)14-6-8-15(23)9-7-14/h2-9,12-13H,10-11H2,1H3,(H,25,27). The number of benzene rings is 2. The molecule has 0 saturated carbocycles. The number of para-hydroxylation sites is 1. The van der Waals surface area contributed by atoms with E-state index < -0.39 is 0 Å². The smallest absolute Gasteiger partial charge is 0.262 e. The number of halogens is 1. The molecule has 0 aliphatic heterocycles. The summed E-state index contributed by atoms with van der Waals surface area (Å²) < 4.78 is 14.7. The fourth-order valence-corrected chi connectivity index (χ4v) is 4.61. The molecule has 8 heteroatoms. The summed E-state index contributed by atoms with van der Waals surface area (Å²) in [6.45, 7) is 0.216. The van der Waals surface area contributed by atoms with Crippen molar-refractivity contribution in [3.05, 3.63) is 76.4 Å². The van der Waals surface area contributed by atoms with Crippen molar-refractivity contribution in [3.63, 3.8) is 0 Å². The number of rotatable bonds is 6. The maximum Gasteiger partial charge on any atom is 0.262 e. The number of thioether (sulfide) groups is 1. The van der Waals surface area contributed by atoms with Gasteiger partial charge in [0, 0.05) is 28.8 Å². The summed E-state index contributed by atoms with van der Waals surface area (Å²) in [5.74, 6) is -0.504. The maximum atomic E-state index is 13.3. The van der Waals surface area contributed by atoms with Crippen LogP contribution in [0, 0.1) is 5.82 Å². The van der Waals surface area contributed by atoms with Gasteiger partial charge in [-0.15, -0.1) is 23.1 Å². The summed E-state index contributed by atoms with van der Waals surface area (Å²) in [4.78, 5) is 31.4. The average Bonchev–Trinajstić information content (AvgIpc) is 3.19. The van der Waals surface area contributed by atoms with Gasteiger partial charge in [0.1, 0.15) is 10.6 Å². The number of aryl methyl sites for hydroxylation is 1. The van der Waals surface area contributed by atoms with Crippen molar-refractivity contribution in [1.29, 1.82) is 0 Å². The zero-order valence-electron chi connectivity index (χ0n) is 16.1. The Labute approximate surface area is 180 Å². The molecule has 0 aliphatic carbocycles. The molecule has 4 aromatic rings. The van der Waals surface area contributed by atoms with Gasteiger partial charge in [0.25, 0.3) is 5.56 Å². The molecule has 0 saturated heterocycles. The number of anilines is 1. The zero-order valence-corrected chi connectivity index (χ0v) is 17.7. The molecule has 0 atom stereocenters. The Morgan fingerprint density at radius 2 is 1.97 bits per heavy atom. The molecule has 152 valence electrons. The van der Waals surface area contributed by atoms with Gasteiger partial charge >= 0.3 is 0 Å². The van der Waals surface area contributed by atoms with Gasteiger partial charge in [0.2, 0.25) is 5.91 Å². The number of fused-ring (bicyclic) bond motifs is 1. The third-order valence-corrected chi connectivity index (χ3v) is 6.36.